The molecule has 0 spiro atoms. The van der Waals surface area contributed by atoms with Crippen LogP contribution in [0, 0.1) is 5.92 Å². The summed E-state index contributed by atoms with van der Waals surface area (Å²) in [6.45, 7) is 4.05. The summed E-state index contributed by atoms with van der Waals surface area (Å²) < 4.78 is 23.5. The molecule has 0 radical (unpaired) electrons. The fourth-order valence-electron chi connectivity index (χ4n) is 3.17. The van der Waals surface area contributed by atoms with Gasteiger partial charge < -0.3 is 15.5 Å². The molecule has 24 heavy (non-hydrogen) atoms. The molecule has 0 aromatic carbocycles. The molecule has 3 rings (SSSR count). The van der Waals surface area contributed by atoms with E-state index in [4.69, 9.17) is 0 Å². The van der Waals surface area contributed by atoms with Gasteiger partial charge in [0.15, 0.2) is 21.5 Å². The van der Waals surface area contributed by atoms with E-state index in [1.165, 1.54) is 6.33 Å². The quantitative estimate of drug-likeness (QED) is 0.828. The van der Waals surface area contributed by atoms with Crippen LogP contribution in [0.5, 0.6) is 0 Å². The van der Waals surface area contributed by atoms with Crippen LogP contribution in [-0.2, 0) is 14.6 Å². The number of amides is 1. The van der Waals surface area contributed by atoms with Crippen molar-refractivity contribution in [2.45, 2.75) is 38.8 Å². The molecule has 2 N–H and O–H groups in total. The third-order valence-corrected chi connectivity index (χ3v) is 6.70. The van der Waals surface area contributed by atoms with Gasteiger partial charge in [0.1, 0.15) is 18.1 Å². The normalized spacial score (nSPS) is 26.2. The second-order valence-corrected chi connectivity index (χ2v) is 8.81. The molecule has 0 aliphatic carbocycles. The van der Waals surface area contributed by atoms with Crippen molar-refractivity contribution < 1.29 is 13.2 Å². The number of sulfone groups is 1. The average Bonchev–Trinajstić information content (AvgIpc) is 2.92. The van der Waals surface area contributed by atoms with Gasteiger partial charge in [-0.15, -0.1) is 0 Å². The monoisotopic (exact) mass is 353 g/mol. The fraction of sp³-hybridized carbons (Fsp3) is 0.667. The SMILES string of the molecule is CCC(C)C1Nc2ncnc(N(C)C3CCS(=O)(=O)C3)c2NC1=O. The Morgan fingerprint density at radius 1 is 1.42 bits per heavy atom. The van der Waals surface area contributed by atoms with Crippen LogP contribution in [-0.4, -0.2) is 54.9 Å². The second kappa shape index (κ2) is 6.19. The van der Waals surface area contributed by atoms with E-state index in [1.807, 2.05) is 18.7 Å². The zero-order chi connectivity index (χ0) is 17.5. The lowest BCUT2D eigenvalue weighted by Gasteiger charge is -2.33. The van der Waals surface area contributed by atoms with Crippen LogP contribution in [0.1, 0.15) is 26.7 Å². The van der Waals surface area contributed by atoms with Crippen molar-refractivity contribution in [3.63, 3.8) is 0 Å². The van der Waals surface area contributed by atoms with E-state index in [-0.39, 0.29) is 35.4 Å². The summed E-state index contributed by atoms with van der Waals surface area (Å²) in [4.78, 5) is 22.8. The minimum Gasteiger partial charge on any atom is -0.356 e. The number of fused-ring (bicyclic) bond motifs is 1. The maximum atomic E-state index is 12.4. The van der Waals surface area contributed by atoms with Crippen molar-refractivity contribution in [2.75, 3.05) is 34.1 Å². The minimum absolute atomic E-state index is 0.110. The third-order valence-electron chi connectivity index (χ3n) is 4.95. The fourth-order valence-corrected chi connectivity index (χ4v) is 4.95. The smallest absolute Gasteiger partial charge is 0.247 e. The number of aromatic nitrogens is 2. The van der Waals surface area contributed by atoms with Crippen molar-refractivity contribution in [3.05, 3.63) is 6.33 Å². The summed E-state index contributed by atoms with van der Waals surface area (Å²) in [5, 5.41) is 6.09. The lowest BCUT2D eigenvalue weighted by molar-refractivity contribution is -0.118. The van der Waals surface area contributed by atoms with Crippen LogP contribution in [0.3, 0.4) is 0 Å². The van der Waals surface area contributed by atoms with Gasteiger partial charge in [-0.25, -0.2) is 18.4 Å². The van der Waals surface area contributed by atoms with E-state index in [2.05, 4.69) is 20.6 Å². The van der Waals surface area contributed by atoms with E-state index in [0.29, 0.717) is 23.7 Å². The molecule has 2 aliphatic rings. The number of anilines is 3. The molecule has 2 aliphatic heterocycles. The lowest BCUT2D eigenvalue weighted by Crippen LogP contribution is -2.44. The summed E-state index contributed by atoms with van der Waals surface area (Å²) >= 11 is 0. The average molecular weight is 353 g/mol. The van der Waals surface area contributed by atoms with Crippen molar-refractivity contribution in [1.82, 2.24) is 9.97 Å². The van der Waals surface area contributed by atoms with Crippen LogP contribution >= 0.6 is 0 Å². The van der Waals surface area contributed by atoms with Gasteiger partial charge >= 0.3 is 0 Å². The molecule has 3 atom stereocenters. The van der Waals surface area contributed by atoms with Crippen LogP contribution in [0.15, 0.2) is 6.33 Å². The zero-order valence-corrected chi connectivity index (χ0v) is 14.9. The van der Waals surface area contributed by atoms with Gasteiger partial charge in [0.2, 0.25) is 5.91 Å². The Bertz CT molecular complexity index is 751. The van der Waals surface area contributed by atoms with Crippen LogP contribution in [0.4, 0.5) is 17.3 Å². The molecule has 1 saturated heterocycles. The highest BCUT2D eigenvalue weighted by Crippen LogP contribution is 2.35. The highest BCUT2D eigenvalue weighted by Gasteiger charge is 2.36. The molecule has 0 bridgehead atoms. The predicted molar refractivity (Wildman–Crippen MR) is 93.0 cm³/mol. The van der Waals surface area contributed by atoms with Crippen molar-refractivity contribution in [3.8, 4) is 0 Å². The van der Waals surface area contributed by atoms with Gasteiger partial charge in [0, 0.05) is 13.1 Å². The topological polar surface area (TPSA) is 104 Å². The molecule has 1 aromatic heterocycles. The number of nitrogens with zero attached hydrogens (tertiary/aromatic N) is 3. The molecule has 1 amide bonds. The molecule has 1 fully saturated rings. The Hall–Kier alpha value is -1.90. The number of rotatable bonds is 4. The molecule has 3 unspecified atom stereocenters. The van der Waals surface area contributed by atoms with Crippen LogP contribution < -0.4 is 15.5 Å². The second-order valence-electron chi connectivity index (χ2n) is 6.59. The maximum absolute atomic E-state index is 12.4. The largest absolute Gasteiger partial charge is 0.356 e. The first-order valence-corrected chi connectivity index (χ1v) is 10.00. The summed E-state index contributed by atoms with van der Waals surface area (Å²) in [6.07, 6.45) is 2.87. The zero-order valence-electron chi connectivity index (χ0n) is 14.1. The summed E-state index contributed by atoms with van der Waals surface area (Å²) in [5.74, 6) is 1.49. The first kappa shape index (κ1) is 16.9. The molecule has 1 aromatic rings. The van der Waals surface area contributed by atoms with Gasteiger partial charge in [-0.2, -0.15) is 0 Å². The summed E-state index contributed by atoms with van der Waals surface area (Å²) in [5.41, 5.74) is 0.522. The molecule has 132 valence electrons. The molecule has 0 saturated carbocycles. The number of carbonyl (C=O) groups is 1. The number of hydrogen-bond acceptors (Lipinski definition) is 7. The standard InChI is InChI=1S/C15H23N5O3S/c1-4-9(2)11-15(21)19-12-13(18-11)16-8-17-14(12)20(3)10-5-6-24(22,23)7-10/h8-11H,4-7H2,1-3H3,(H,19,21)(H,16,17,18). The van der Waals surface area contributed by atoms with E-state index in [0.717, 1.165) is 6.42 Å². The van der Waals surface area contributed by atoms with E-state index in [1.54, 1.807) is 7.05 Å². The Morgan fingerprint density at radius 2 is 2.17 bits per heavy atom. The predicted octanol–water partition coefficient (Wildman–Crippen LogP) is 0.879. The van der Waals surface area contributed by atoms with Crippen molar-refractivity contribution >= 4 is 33.1 Å². The highest BCUT2D eigenvalue weighted by atomic mass is 32.2. The molecule has 8 nitrogen and oxygen atoms in total. The number of carbonyl (C=O) groups excluding carboxylic acids is 1. The molecular formula is C15H23N5O3S. The Morgan fingerprint density at radius 3 is 2.79 bits per heavy atom. The van der Waals surface area contributed by atoms with Gasteiger partial charge in [0.25, 0.3) is 0 Å². The van der Waals surface area contributed by atoms with E-state index in [9.17, 15) is 13.2 Å². The number of nitrogens with one attached hydrogen (secondary N) is 2. The van der Waals surface area contributed by atoms with Crippen molar-refractivity contribution in [2.24, 2.45) is 5.92 Å². The van der Waals surface area contributed by atoms with Crippen molar-refractivity contribution in [1.29, 1.82) is 0 Å². The minimum atomic E-state index is -2.99. The summed E-state index contributed by atoms with van der Waals surface area (Å²) in [7, 11) is -1.19. The Labute approximate surface area is 142 Å². The highest BCUT2D eigenvalue weighted by molar-refractivity contribution is 7.91. The van der Waals surface area contributed by atoms with Gasteiger partial charge in [-0.3, -0.25) is 4.79 Å². The molecule has 9 heteroatoms. The van der Waals surface area contributed by atoms with Crippen LogP contribution in [0.2, 0.25) is 0 Å². The number of hydrogen-bond donors (Lipinski definition) is 2. The first-order valence-electron chi connectivity index (χ1n) is 8.18. The van der Waals surface area contributed by atoms with Gasteiger partial charge in [0.05, 0.1) is 11.5 Å². The third kappa shape index (κ3) is 3.04. The van der Waals surface area contributed by atoms with E-state index < -0.39 is 9.84 Å². The Balaban J connectivity index is 1.89. The van der Waals surface area contributed by atoms with E-state index >= 15 is 0 Å². The maximum Gasteiger partial charge on any atom is 0.247 e. The Kier molecular flexibility index (Phi) is 4.37. The first-order chi connectivity index (χ1) is 11.3. The lowest BCUT2D eigenvalue weighted by atomic mass is 9.97. The molecular weight excluding hydrogens is 330 g/mol. The van der Waals surface area contributed by atoms with Crippen LogP contribution in [0.25, 0.3) is 0 Å². The summed E-state index contributed by atoms with van der Waals surface area (Å²) in [6, 6.07) is -0.472. The van der Waals surface area contributed by atoms with Gasteiger partial charge in [-0.05, 0) is 12.3 Å². The molecule has 3 heterocycles. The van der Waals surface area contributed by atoms with Gasteiger partial charge in [-0.1, -0.05) is 20.3 Å².